The molecular formula is C23H28N4O2S. The second-order valence-corrected chi connectivity index (χ2v) is 9.00. The Balaban J connectivity index is 1.51. The van der Waals surface area contributed by atoms with E-state index in [4.69, 9.17) is 4.42 Å². The number of rotatable bonds is 6. The van der Waals surface area contributed by atoms with E-state index < -0.39 is 0 Å². The molecule has 1 fully saturated rings. The van der Waals surface area contributed by atoms with Crippen molar-refractivity contribution >= 4 is 23.4 Å². The standard InChI is InChI=1S/C23H28N4O2S/c1-15-12-16(2)21(17(3)13-15)24-20(28)14-30-23-26-25-22(19-10-7-11-29-19)27(23)18-8-5-4-6-9-18/h7,10-13,18H,4-6,8-9,14H2,1-3H3,(H,24,28). The molecule has 30 heavy (non-hydrogen) atoms. The summed E-state index contributed by atoms with van der Waals surface area (Å²) in [6.07, 6.45) is 7.55. The van der Waals surface area contributed by atoms with Gasteiger partial charge >= 0.3 is 0 Å². The molecule has 1 N–H and O–H groups in total. The van der Waals surface area contributed by atoms with Gasteiger partial charge in [0.1, 0.15) is 0 Å². The van der Waals surface area contributed by atoms with Crippen LogP contribution in [-0.4, -0.2) is 26.4 Å². The van der Waals surface area contributed by atoms with Crippen molar-refractivity contribution in [2.75, 3.05) is 11.1 Å². The third-order valence-corrected chi connectivity index (χ3v) is 6.56. The normalized spacial score (nSPS) is 14.8. The summed E-state index contributed by atoms with van der Waals surface area (Å²) in [5.41, 5.74) is 4.26. The number of furan rings is 1. The van der Waals surface area contributed by atoms with Crippen LogP contribution < -0.4 is 5.32 Å². The van der Waals surface area contributed by atoms with Crippen molar-refractivity contribution in [3.63, 3.8) is 0 Å². The van der Waals surface area contributed by atoms with Crippen LogP contribution in [0, 0.1) is 20.8 Å². The SMILES string of the molecule is Cc1cc(C)c(NC(=O)CSc2nnc(-c3ccco3)n2C2CCCCC2)c(C)c1. The molecule has 0 bridgehead atoms. The van der Waals surface area contributed by atoms with E-state index in [1.54, 1.807) is 6.26 Å². The predicted molar refractivity (Wildman–Crippen MR) is 120 cm³/mol. The number of nitrogens with one attached hydrogen (secondary N) is 1. The first-order chi connectivity index (χ1) is 14.5. The lowest BCUT2D eigenvalue weighted by Gasteiger charge is -2.25. The Morgan fingerprint density at radius 3 is 2.57 bits per heavy atom. The van der Waals surface area contributed by atoms with Gasteiger partial charge in [-0.25, -0.2) is 0 Å². The molecule has 7 heteroatoms. The Kier molecular flexibility index (Phi) is 6.27. The monoisotopic (exact) mass is 424 g/mol. The number of nitrogens with zero attached hydrogens (tertiary/aromatic N) is 3. The van der Waals surface area contributed by atoms with Crippen LogP contribution in [0.1, 0.15) is 54.8 Å². The van der Waals surface area contributed by atoms with Crippen molar-refractivity contribution in [2.45, 2.75) is 64.1 Å². The molecule has 158 valence electrons. The average Bonchev–Trinajstić information content (AvgIpc) is 3.39. The van der Waals surface area contributed by atoms with Crippen LogP contribution in [0.5, 0.6) is 0 Å². The molecule has 0 aliphatic heterocycles. The molecule has 4 rings (SSSR count). The first-order valence-corrected chi connectivity index (χ1v) is 11.5. The summed E-state index contributed by atoms with van der Waals surface area (Å²) in [6, 6.07) is 8.30. The summed E-state index contributed by atoms with van der Waals surface area (Å²) in [6.45, 7) is 6.12. The van der Waals surface area contributed by atoms with Crippen molar-refractivity contribution in [1.29, 1.82) is 0 Å². The summed E-state index contributed by atoms with van der Waals surface area (Å²) in [4.78, 5) is 12.7. The number of carbonyl (C=O) groups excluding carboxylic acids is 1. The van der Waals surface area contributed by atoms with Crippen LogP contribution in [0.2, 0.25) is 0 Å². The zero-order valence-electron chi connectivity index (χ0n) is 17.8. The molecular weight excluding hydrogens is 396 g/mol. The van der Waals surface area contributed by atoms with E-state index in [0.29, 0.717) is 6.04 Å². The van der Waals surface area contributed by atoms with Crippen molar-refractivity contribution in [3.8, 4) is 11.6 Å². The molecule has 3 aromatic rings. The Bertz CT molecular complexity index is 997. The molecule has 0 radical (unpaired) electrons. The van der Waals surface area contributed by atoms with E-state index in [2.05, 4.69) is 39.1 Å². The molecule has 0 unspecified atom stereocenters. The molecule has 1 saturated carbocycles. The van der Waals surface area contributed by atoms with Crippen LogP contribution in [0.25, 0.3) is 11.6 Å². The van der Waals surface area contributed by atoms with Gasteiger partial charge in [0.2, 0.25) is 11.7 Å². The topological polar surface area (TPSA) is 73.0 Å². The van der Waals surface area contributed by atoms with Crippen molar-refractivity contribution in [1.82, 2.24) is 14.8 Å². The van der Waals surface area contributed by atoms with Gasteiger partial charge in [-0.05, 0) is 56.9 Å². The molecule has 6 nitrogen and oxygen atoms in total. The maximum Gasteiger partial charge on any atom is 0.234 e. The Morgan fingerprint density at radius 1 is 1.17 bits per heavy atom. The van der Waals surface area contributed by atoms with Gasteiger partial charge in [0.15, 0.2) is 10.9 Å². The number of aryl methyl sites for hydroxylation is 3. The number of hydrogen-bond acceptors (Lipinski definition) is 5. The van der Waals surface area contributed by atoms with Crippen LogP contribution in [-0.2, 0) is 4.79 Å². The lowest BCUT2D eigenvalue weighted by atomic mass is 9.95. The largest absolute Gasteiger partial charge is 0.461 e. The van der Waals surface area contributed by atoms with Crippen molar-refractivity contribution in [2.24, 2.45) is 0 Å². The van der Waals surface area contributed by atoms with E-state index in [1.165, 1.54) is 36.6 Å². The number of aromatic nitrogens is 3. The van der Waals surface area contributed by atoms with Crippen LogP contribution in [0.15, 0.2) is 40.1 Å². The minimum atomic E-state index is -0.0344. The number of carbonyl (C=O) groups is 1. The zero-order valence-corrected chi connectivity index (χ0v) is 18.6. The van der Waals surface area contributed by atoms with Gasteiger partial charge in [0.25, 0.3) is 0 Å². The quantitative estimate of drug-likeness (QED) is 0.514. The smallest absolute Gasteiger partial charge is 0.234 e. The minimum absolute atomic E-state index is 0.0344. The van der Waals surface area contributed by atoms with Gasteiger partial charge in [-0.15, -0.1) is 10.2 Å². The Morgan fingerprint density at radius 2 is 1.90 bits per heavy atom. The predicted octanol–water partition coefficient (Wildman–Crippen LogP) is 5.70. The number of benzene rings is 1. The van der Waals surface area contributed by atoms with E-state index in [9.17, 15) is 4.79 Å². The summed E-state index contributed by atoms with van der Waals surface area (Å²) in [5.74, 6) is 1.72. The van der Waals surface area contributed by atoms with Crippen molar-refractivity contribution in [3.05, 3.63) is 47.2 Å². The van der Waals surface area contributed by atoms with Gasteiger partial charge in [-0.2, -0.15) is 0 Å². The minimum Gasteiger partial charge on any atom is -0.461 e. The molecule has 0 atom stereocenters. The summed E-state index contributed by atoms with van der Waals surface area (Å²) >= 11 is 1.44. The molecule has 1 aromatic carbocycles. The van der Waals surface area contributed by atoms with Crippen LogP contribution >= 0.6 is 11.8 Å². The van der Waals surface area contributed by atoms with Gasteiger partial charge in [-0.3, -0.25) is 9.36 Å². The fourth-order valence-electron chi connectivity index (χ4n) is 4.30. The fourth-order valence-corrected chi connectivity index (χ4v) is 5.11. The first-order valence-electron chi connectivity index (χ1n) is 10.5. The average molecular weight is 425 g/mol. The highest BCUT2D eigenvalue weighted by Gasteiger charge is 2.25. The number of thioether (sulfide) groups is 1. The zero-order chi connectivity index (χ0) is 21.1. The highest BCUT2D eigenvalue weighted by molar-refractivity contribution is 7.99. The van der Waals surface area contributed by atoms with Crippen LogP contribution in [0.3, 0.4) is 0 Å². The number of amides is 1. The van der Waals surface area contributed by atoms with Gasteiger partial charge in [0, 0.05) is 11.7 Å². The van der Waals surface area contributed by atoms with Gasteiger partial charge < -0.3 is 9.73 Å². The lowest BCUT2D eigenvalue weighted by molar-refractivity contribution is -0.113. The highest BCUT2D eigenvalue weighted by atomic mass is 32.2. The summed E-state index contributed by atoms with van der Waals surface area (Å²) in [7, 11) is 0. The second-order valence-electron chi connectivity index (χ2n) is 8.06. The van der Waals surface area contributed by atoms with Crippen molar-refractivity contribution < 1.29 is 9.21 Å². The van der Waals surface area contributed by atoms with E-state index >= 15 is 0 Å². The number of hydrogen-bond donors (Lipinski definition) is 1. The van der Waals surface area contributed by atoms with E-state index in [1.807, 2.05) is 26.0 Å². The first kappa shape index (κ1) is 20.7. The molecule has 2 heterocycles. The molecule has 1 aliphatic rings. The van der Waals surface area contributed by atoms with Gasteiger partial charge in [0.05, 0.1) is 12.0 Å². The molecule has 0 spiro atoms. The Labute approximate surface area is 181 Å². The third kappa shape index (κ3) is 4.46. The maximum atomic E-state index is 12.7. The molecule has 0 saturated heterocycles. The fraction of sp³-hybridized carbons (Fsp3) is 0.435. The Hall–Kier alpha value is -2.54. The van der Waals surface area contributed by atoms with Gasteiger partial charge in [-0.1, -0.05) is 48.7 Å². The summed E-state index contributed by atoms with van der Waals surface area (Å²) < 4.78 is 7.77. The molecule has 1 amide bonds. The van der Waals surface area contributed by atoms with E-state index in [0.717, 1.165) is 46.4 Å². The number of anilines is 1. The van der Waals surface area contributed by atoms with Crippen LogP contribution in [0.4, 0.5) is 5.69 Å². The summed E-state index contributed by atoms with van der Waals surface area (Å²) in [5, 5.41) is 12.7. The third-order valence-electron chi connectivity index (χ3n) is 5.62. The highest BCUT2D eigenvalue weighted by Crippen LogP contribution is 2.35. The molecule has 2 aromatic heterocycles. The van der Waals surface area contributed by atoms with E-state index in [-0.39, 0.29) is 11.7 Å². The second kappa shape index (κ2) is 9.08. The molecule has 1 aliphatic carbocycles. The lowest BCUT2D eigenvalue weighted by Crippen LogP contribution is -2.18. The maximum absolute atomic E-state index is 12.7.